The van der Waals surface area contributed by atoms with Crippen LogP contribution in [-0.2, 0) is 14.3 Å². The fourth-order valence-corrected chi connectivity index (χ4v) is 11.2. The first kappa shape index (κ1) is 74.6. The van der Waals surface area contributed by atoms with Gasteiger partial charge in [0.05, 0.1) is 25.4 Å². The Morgan fingerprint density at radius 3 is 0.934 bits per heavy atom. The molecule has 0 aromatic carbocycles. The number of aliphatic hydroxyl groups is 2. The van der Waals surface area contributed by atoms with Gasteiger partial charge in [0.25, 0.3) is 0 Å². The van der Waals surface area contributed by atoms with Crippen LogP contribution in [0.5, 0.6) is 0 Å². The van der Waals surface area contributed by atoms with Gasteiger partial charge in [-0.1, -0.05) is 347 Å². The SMILES string of the molecule is CCCCCCCCCCCCCCCCCCCCCC(O)C(CO)NC(=O)CCCCCCCCCC/C=C\CCCCCCCCCCCCCCOC(=O)CCCCCCCCCCCCCCCCCC. The second kappa shape index (κ2) is 66.1. The average molecular weight is 1070 g/mol. The van der Waals surface area contributed by atoms with E-state index in [1.54, 1.807) is 0 Å². The number of ether oxygens (including phenoxy) is 1. The van der Waals surface area contributed by atoms with Gasteiger partial charge in [-0.15, -0.1) is 0 Å². The van der Waals surface area contributed by atoms with Crippen LogP contribution in [-0.4, -0.2) is 47.4 Å². The lowest BCUT2D eigenvalue weighted by Crippen LogP contribution is -2.45. The number of allylic oxidation sites excluding steroid dienone is 2. The van der Waals surface area contributed by atoms with Crippen molar-refractivity contribution in [3.8, 4) is 0 Å². The molecule has 2 atom stereocenters. The Morgan fingerprint density at radius 2 is 0.618 bits per heavy atom. The number of amides is 1. The minimum atomic E-state index is -0.667. The second-order valence-corrected chi connectivity index (χ2v) is 24.2. The van der Waals surface area contributed by atoms with Gasteiger partial charge >= 0.3 is 5.97 Å². The second-order valence-electron chi connectivity index (χ2n) is 24.2. The van der Waals surface area contributed by atoms with Crippen LogP contribution < -0.4 is 5.32 Å². The molecule has 0 aromatic rings. The van der Waals surface area contributed by atoms with Gasteiger partial charge in [0.2, 0.25) is 5.91 Å². The Labute approximate surface area is 476 Å². The van der Waals surface area contributed by atoms with E-state index >= 15 is 0 Å². The van der Waals surface area contributed by atoms with Gasteiger partial charge in [-0.25, -0.2) is 0 Å². The van der Waals surface area contributed by atoms with Crippen LogP contribution in [0.25, 0.3) is 0 Å². The third-order valence-corrected chi connectivity index (χ3v) is 16.6. The molecule has 0 spiro atoms. The summed E-state index contributed by atoms with van der Waals surface area (Å²) in [6.45, 7) is 5.00. The minimum Gasteiger partial charge on any atom is -0.466 e. The molecule has 6 nitrogen and oxygen atoms in total. The van der Waals surface area contributed by atoms with Crippen LogP contribution in [0.3, 0.4) is 0 Å². The van der Waals surface area contributed by atoms with E-state index in [1.165, 1.54) is 327 Å². The van der Waals surface area contributed by atoms with E-state index in [2.05, 4.69) is 31.3 Å². The quantitative estimate of drug-likeness (QED) is 0.0320. The van der Waals surface area contributed by atoms with Gasteiger partial charge in [-0.2, -0.15) is 0 Å². The summed E-state index contributed by atoms with van der Waals surface area (Å²) in [5.74, 6) is -0.0181. The van der Waals surface area contributed by atoms with Gasteiger partial charge in [-0.3, -0.25) is 9.59 Å². The average Bonchev–Trinajstić information content (AvgIpc) is 3.42. The number of hydrogen-bond acceptors (Lipinski definition) is 5. The molecular weight excluding hydrogens is 935 g/mol. The normalized spacial score (nSPS) is 12.5. The van der Waals surface area contributed by atoms with Crippen LogP contribution in [0.1, 0.15) is 399 Å². The van der Waals surface area contributed by atoms with E-state index < -0.39 is 12.1 Å². The van der Waals surface area contributed by atoms with Crippen LogP contribution in [0.2, 0.25) is 0 Å². The summed E-state index contributed by atoms with van der Waals surface area (Å²) in [6, 6.07) is -0.545. The van der Waals surface area contributed by atoms with Gasteiger partial charge in [-0.05, 0) is 51.4 Å². The zero-order valence-corrected chi connectivity index (χ0v) is 51.8. The molecule has 0 rings (SSSR count). The number of rotatable bonds is 66. The Balaban J connectivity index is 3.38. The molecule has 76 heavy (non-hydrogen) atoms. The lowest BCUT2D eigenvalue weighted by atomic mass is 10.0. The largest absolute Gasteiger partial charge is 0.466 e. The highest BCUT2D eigenvalue weighted by molar-refractivity contribution is 5.76. The highest BCUT2D eigenvalue weighted by Gasteiger charge is 2.20. The summed E-state index contributed by atoms with van der Waals surface area (Å²) in [5.41, 5.74) is 0. The minimum absolute atomic E-state index is 0.0171. The maximum atomic E-state index is 12.5. The molecule has 0 aliphatic carbocycles. The number of nitrogens with one attached hydrogen (secondary N) is 1. The van der Waals surface area contributed by atoms with Crippen molar-refractivity contribution >= 4 is 11.9 Å². The Kier molecular flexibility index (Phi) is 64.9. The van der Waals surface area contributed by atoms with Crippen molar-refractivity contribution < 1.29 is 24.5 Å². The van der Waals surface area contributed by atoms with E-state index in [4.69, 9.17) is 4.74 Å². The van der Waals surface area contributed by atoms with Crippen molar-refractivity contribution in [2.24, 2.45) is 0 Å². The summed E-state index contributed by atoms with van der Waals surface area (Å²) in [6.07, 6.45) is 81.1. The van der Waals surface area contributed by atoms with Crippen molar-refractivity contribution in [1.29, 1.82) is 0 Å². The highest BCUT2D eigenvalue weighted by atomic mass is 16.5. The Morgan fingerprint density at radius 1 is 0.355 bits per heavy atom. The zero-order valence-electron chi connectivity index (χ0n) is 51.8. The lowest BCUT2D eigenvalue weighted by Gasteiger charge is -2.22. The maximum Gasteiger partial charge on any atom is 0.305 e. The molecule has 0 saturated heterocycles. The molecule has 1 amide bonds. The van der Waals surface area contributed by atoms with Crippen LogP contribution >= 0.6 is 0 Å². The molecule has 0 aliphatic heterocycles. The highest BCUT2D eigenvalue weighted by Crippen LogP contribution is 2.19. The third-order valence-electron chi connectivity index (χ3n) is 16.6. The molecule has 0 bridgehead atoms. The van der Waals surface area contributed by atoms with Crippen LogP contribution in [0.15, 0.2) is 12.2 Å². The smallest absolute Gasteiger partial charge is 0.305 e. The van der Waals surface area contributed by atoms with E-state index in [0.29, 0.717) is 25.9 Å². The number of carbonyl (C=O) groups excluding carboxylic acids is 2. The number of esters is 1. The molecule has 0 aliphatic rings. The number of aliphatic hydroxyl groups excluding tert-OH is 2. The van der Waals surface area contributed by atoms with Crippen molar-refractivity contribution in [1.82, 2.24) is 5.32 Å². The monoisotopic (exact) mass is 1070 g/mol. The molecule has 452 valence electrons. The van der Waals surface area contributed by atoms with Crippen LogP contribution in [0, 0.1) is 0 Å². The molecule has 0 radical (unpaired) electrons. The lowest BCUT2D eigenvalue weighted by molar-refractivity contribution is -0.143. The number of unbranched alkanes of at least 4 members (excludes halogenated alkanes) is 53. The first-order valence-electron chi connectivity index (χ1n) is 34.9. The molecule has 0 aromatic heterocycles. The molecule has 0 saturated carbocycles. The summed E-state index contributed by atoms with van der Waals surface area (Å²) < 4.78 is 5.50. The van der Waals surface area contributed by atoms with Gasteiger partial charge in [0.1, 0.15) is 0 Å². The zero-order chi connectivity index (χ0) is 55.0. The fraction of sp³-hybridized carbons (Fsp3) is 0.943. The predicted molar refractivity (Wildman–Crippen MR) is 333 cm³/mol. The molecule has 2 unspecified atom stereocenters. The fourth-order valence-electron chi connectivity index (χ4n) is 11.2. The Hall–Kier alpha value is -1.40. The first-order valence-corrected chi connectivity index (χ1v) is 34.9. The van der Waals surface area contributed by atoms with Gasteiger partial charge in [0, 0.05) is 12.8 Å². The number of carbonyl (C=O) groups is 2. The molecular formula is C70H137NO5. The van der Waals surface area contributed by atoms with Crippen LogP contribution in [0.4, 0.5) is 0 Å². The summed E-state index contributed by atoms with van der Waals surface area (Å²) >= 11 is 0. The third kappa shape index (κ3) is 61.8. The molecule has 0 heterocycles. The first-order chi connectivity index (χ1) is 37.5. The van der Waals surface area contributed by atoms with Crippen molar-refractivity contribution in [2.75, 3.05) is 13.2 Å². The van der Waals surface area contributed by atoms with E-state index in [1.807, 2.05) is 0 Å². The van der Waals surface area contributed by atoms with Crippen molar-refractivity contribution in [3.05, 3.63) is 12.2 Å². The molecule has 6 heteroatoms. The van der Waals surface area contributed by atoms with E-state index in [0.717, 1.165) is 38.5 Å². The Bertz CT molecular complexity index is 1140. The van der Waals surface area contributed by atoms with Gasteiger partial charge in [0.15, 0.2) is 0 Å². The maximum absolute atomic E-state index is 12.5. The van der Waals surface area contributed by atoms with Crippen molar-refractivity contribution in [2.45, 2.75) is 411 Å². The number of hydrogen-bond donors (Lipinski definition) is 3. The summed E-state index contributed by atoms with van der Waals surface area (Å²) in [5, 5.41) is 23.4. The summed E-state index contributed by atoms with van der Waals surface area (Å²) in [7, 11) is 0. The molecule has 0 fully saturated rings. The van der Waals surface area contributed by atoms with E-state index in [9.17, 15) is 19.8 Å². The summed E-state index contributed by atoms with van der Waals surface area (Å²) in [4.78, 5) is 24.6. The predicted octanol–water partition coefficient (Wildman–Crippen LogP) is 22.4. The molecule has 3 N–H and O–H groups in total. The van der Waals surface area contributed by atoms with E-state index in [-0.39, 0.29) is 18.5 Å². The topological polar surface area (TPSA) is 95.9 Å². The van der Waals surface area contributed by atoms with Gasteiger partial charge < -0.3 is 20.3 Å². The standard InChI is InChI=1S/C70H137NO5/c1-3-5-7-9-11-13-15-17-19-21-28-31-34-38-42-46-50-54-58-62-68(73)67(66-72)71-69(74)63-59-55-51-47-43-39-35-32-29-26-24-22-23-25-27-30-33-37-41-45-49-53-57-61-65-76-70(75)64-60-56-52-48-44-40-36-20-18-16-14-12-10-8-6-4-2/h24,26,67-68,72-73H,3-23,25,27-66H2,1-2H3,(H,71,74)/b26-24-. The van der Waals surface area contributed by atoms with Crippen molar-refractivity contribution in [3.63, 3.8) is 0 Å².